The van der Waals surface area contributed by atoms with Gasteiger partial charge in [-0.2, -0.15) is 0 Å². The number of amides is 3. The van der Waals surface area contributed by atoms with E-state index in [4.69, 9.17) is 9.57 Å². The average Bonchev–Trinajstić information content (AvgIpc) is 2.82. The Balaban J connectivity index is 2.17. The molecule has 1 aliphatic rings. The summed E-state index contributed by atoms with van der Waals surface area (Å²) in [5.74, 6) is -2.45. The Hall–Kier alpha value is -2.74. The number of hydrogen-bond acceptors (Lipinski definition) is 6. The van der Waals surface area contributed by atoms with Crippen LogP contribution in [-0.2, 0) is 19.2 Å². The molecule has 1 aromatic carbocycles. The summed E-state index contributed by atoms with van der Waals surface area (Å²) in [6.45, 7) is 9.27. The van der Waals surface area contributed by atoms with Crippen molar-refractivity contribution in [3.63, 3.8) is 0 Å². The second-order valence-corrected chi connectivity index (χ2v) is 7.97. The maximum atomic E-state index is 12.5. The topological polar surface area (TPSA) is 102 Å². The van der Waals surface area contributed by atoms with Gasteiger partial charge in [0.2, 0.25) is 0 Å². The number of hydroxylamine groups is 2. The number of benzene rings is 1. The largest absolute Gasteiger partial charge is 0.460 e. The number of imide groups is 1. The van der Waals surface area contributed by atoms with Crippen LogP contribution in [0.25, 0.3) is 0 Å². The maximum Gasteiger partial charge on any atom is 0.309 e. The first-order chi connectivity index (χ1) is 13.0. The Morgan fingerprint density at radius 1 is 1.07 bits per heavy atom. The van der Waals surface area contributed by atoms with Gasteiger partial charge in [0.05, 0.1) is 17.5 Å². The minimum atomic E-state index is -1.38. The lowest BCUT2D eigenvalue weighted by molar-refractivity contribution is -0.175. The number of ether oxygens (including phenoxy) is 1. The van der Waals surface area contributed by atoms with Crippen LogP contribution in [0.3, 0.4) is 0 Å². The van der Waals surface area contributed by atoms with Gasteiger partial charge in [-0.15, -0.1) is 5.06 Å². The summed E-state index contributed by atoms with van der Waals surface area (Å²) >= 11 is 0. The van der Waals surface area contributed by atoms with Crippen LogP contribution in [0, 0.1) is 5.92 Å². The van der Waals surface area contributed by atoms with E-state index in [1.54, 1.807) is 32.9 Å². The molecule has 3 amide bonds. The van der Waals surface area contributed by atoms with Gasteiger partial charge >= 0.3 is 5.97 Å². The van der Waals surface area contributed by atoms with E-state index < -0.39 is 41.8 Å². The number of carbonyl (C=O) groups is 4. The van der Waals surface area contributed by atoms with Crippen molar-refractivity contribution in [3.8, 4) is 0 Å². The van der Waals surface area contributed by atoms with Gasteiger partial charge < -0.3 is 10.1 Å². The van der Waals surface area contributed by atoms with E-state index >= 15 is 0 Å². The fraction of sp³-hybridized carbons (Fsp3) is 0.500. The third-order valence-electron chi connectivity index (χ3n) is 3.74. The van der Waals surface area contributed by atoms with Crippen LogP contribution in [0.1, 0.15) is 61.8 Å². The fourth-order valence-electron chi connectivity index (χ4n) is 2.52. The summed E-state index contributed by atoms with van der Waals surface area (Å²) in [5, 5.41) is 3.19. The lowest BCUT2D eigenvalue weighted by Crippen LogP contribution is -2.45. The first kappa shape index (κ1) is 21.6. The zero-order valence-corrected chi connectivity index (χ0v) is 16.8. The van der Waals surface area contributed by atoms with Crippen molar-refractivity contribution in [3.05, 3.63) is 35.4 Å². The van der Waals surface area contributed by atoms with Crippen molar-refractivity contribution in [2.24, 2.45) is 5.92 Å². The van der Waals surface area contributed by atoms with Gasteiger partial charge in [0.25, 0.3) is 17.7 Å². The number of rotatable bonds is 7. The quantitative estimate of drug-likeness (QED) is 0.565. The van der Waals surface area contributed by atoms with Crippen molar-refractivity contribution in [2.75, 3.05) is 6.54 Å². The molecule has 1 heterocycles. The number of carbonyl (C=O) groups excluding carboxylic acids is 4. The molecule has 0 saturated heterocycles. The van der Waals surface area contributed by atoms with Crippen LogP contribution >= 0.6 is 0 Å². The molecule has 1 atom stereocenters. The molecule has 28 heavy (non-hydrogen) atoms. The van der Waals surface area contributed by atoms with Gasteiger partial charge in [0, 0.05) is 6.54 Å². The van der Waals surface area contributed by atoms with Gasteiger partial charge in [-0.3, -0.25) is 19.2 Å². The molecule has 0 radical (unpaired) electrons. The SMILES string of the molecule is CC(C)CNC(=O)[C@@H](CC(=O)OC(C)(C)C)ON1C(=O)c2ccccc2C1=O. The second kappa shape index (κ2) is 8.52. The van der Waals surface area contributed by atoms with Crippen LogP contribution in [0.2, 0.25) is 0 Å². The molecule has 2 rings (SSSR count). The molecule has 0 saturated carbocycles. The summed E-state index contributed by atoms with van der Waals surface area (Å²) in [7, 11) is 0. The summed E-state index contributed by atoms with van der Waals surface area (Å²) < 4.78 is 5.24. The third kappa shape index (κ3) is 5.39. The highest BCUT2D eigenvalue weighted by atomic mass is 16.7. The second-order valence-electron chi connectivity index (χ2n) is 7.97. The van der Waals surface area contributed by atoms with Gasteiger partial charge in [-0.25, -0.2) is 4.84 Å². The van der Waals surface area contributed by atoms with Crippen LogP contribution in [0.5, 0.6) is 0 Å². The highest BCUT2D eigenvalue weighted by Crippen LogP contribution is 2.24. The number of fused-ring (bicyclic) bond motifs is 1. The normalized spacial score (nSPS) is 14.9. The molecule has 1 N–H and O–H groups in total. The Morgan fingerprint density at radius 3 is 2.07 bits per heavy atom. The molecule has 1 aliphatic heterocycles. The van der Waals surface area contributed by atoms with E-state index in [-0.39, 0.29) is 17.0 Å². The minimum absolute atomic E-state index is 0.172. The predicted molar refractivity (Wildman–Crippen MR) is 100 cm³/mol. The standard InChI is InChI=1S/C20H26N2O6/c1-12(2)11-21-17(24)15(10-16(23)27-20(3,4)5)28-22-18(25)13-8-6-7-9-14(13)19(22)26/h6-9,12,15H,10-11H2,1-5H3,(H,21,24)/t15-/m1/s1. The highest BCUT2D eigenvalue weighted by Gasteiger charge is 2.40. The van der Waals surface area contributed by atoms with E-state index in [1.807, 2.05) is 13.8 Å². The van der Waals surface area contributed by atoms with E-state index in [0.717, 1.165) is 0 Å². The predicted octanol–water partition coefficient (Wildman–Crippen LogP) is 2.09. The van der Waals surface area contributed by atoms with Gasteiger partial charge in [-0.05, 0) is 38.8 Å². The molecule has 1 aromatic rings. The lowest BCUT2D eigenvalue weighted by Gasteiger charge is -2.24. The highest BCUT2D eigenvalue weighted by molar-refractivity contribution is 6.20. The van der Waals surface area contributed by atoms with Crippen LogP contribution in [0.4, 0.5) is 0 Å². The Morgan fingerprint density at radius 2 is 1.61 bits per heavy atom. The molecule has 8 heteroatoms. The molecular weight excluding hydrogens is 364 g/mol. The summed E-state index contributed by atoms with van der Waals surface area (Å²) in [5.41, 5.74) is -0.372. The summed E-state index contributed by atoms with van der Waals surface area (Å²) in [6, 6.07) is 6.25. The first-order valence-electron chi connectivity index (χ1n) is 9.13. The third-order valence-corrected chi connectivity index (χ3v) is 3.74. The zero-order valence-electron chi connectivity index (χ0n) is 16.8. The van der Waals surface area contributed by atoms with Crippen molar-refractivity contribution in [2.45, 2.75) is 52.7 Å². The molecule has 0 bridgehead atoms. The van der Waals surface area contributed by atoms with Gasteiger partial charge in [0.15, 0.2) is 6.10 Å². The minimum Gasteiger partial charge on any atom is -0.460 e. The molecule has 0 fully saturated rings. The molecule has 0 aliphatic carbocycles. The first-order valence-corrected chi connectivity index (χ1v) is 9.13. The fourth-order valence-corrected chi connectivity index (χ4v) is 2.52. The lowest BCUT2D eigenvalue weighted by atomic mass is 10.1. The number of nitrogens with zero attached hydrogens (tertiary/aromatic N) is 1. The molecule has 0 unspecified atom stereocenters. The summed E-state index contributed by atoms with van der Waals surface area (Å²) in [6.07, 6.45) is -1.81. The summed E-state index contributed by atoms with van der Waals surface area (Å²) in [4.78, 5) is 55.1. The van der Waals surface area contributed by atoms with Gasteiger partial charge in [-0.1, -0.05) is 26.0 Å². The van der Waals surface area contributed by atoms with E-state index in [0.29, 0.717) is 11.6 Å². The monoisotopic (exact) mass is 390 g/mol. The van der Waals surface area contributed by atoms with Crippen molar-refractivity contribution < 1.29 is 28.8 Å². The number of nitrogens with one attached hydrogen (secondary N) is 1. The smallest absolute Gasteiger partial charge is 0.309 e. The molecular formula is C20H26N2O6. The van der Waals surface area contributed by atoms with Crippen LogP contribution < -0.4 is 5.32 Å². The van der Waals surface area contributed by atoms with Crippen LogP contribution in [-0.4, -0.2) is 47.0 Å². The van der Waals surface area contributed by atoms with Crippen LogP contribution in [0.15, 0.2) is 24.3 Å². The van der Waals surface area contributed by atoms with Crippen molar-refractivity contribution in [1.82, 2.24) is 10.4 Å². The Labute approximate surface area is 164 Å². The zero-order chi connectivity index (χ0) is 21.1. The molecule has 0 aromatic heterocycles. The Bertz CT molecular complexity index is 746. The van der Waals surface area contributed by atoms with Gasteiger partial charge in [0.1, 0.15) is 5.60 Å². The number of esters is 1. The van der Waals surface area contributed by atoms with E-state index in [9.17, 15) is 19.2 Å². The van der Waals surface area contributed by atoms with Crippen molar-refractivity contribution >= 4 is 23.7 Å². The Kier molecular flexibility index (Phi) is 6.56. The van der Waals surface area contributed by atoms with E-state index in [2.05, 4.69) is 5.32 Å². The van der Waals surface area contributed by atoms with E-state index in [1.165, 1.54) is 12.1 Å². The molecule has 8 nitrogen and oxygen atoms in total. The molecule has 152 valence electrons. The van der Waals surface area contributed by atoms with Crippen molar-refractivity contribution in [1.29, 1.82) is 0 Å². The average molecular weight is 390 g/mol. The maximum absolute atomic E-state index is 12.5. The molecule has 0 spiro atoms. The number of hydrogen-bond donors (Lipinski definition) is 1.